The molecule has 5 heteroatoms. The van der Waals surface area contributed by atoms with Crippen molar-refractivity contribution in [2.45, 2.75) is 18.9 Å². The first-order valence-corrected chi connectivity index (χ1v) is 5.36. The highest BCUT2D eigenvalue weighted by Crippen LogP contribution is 2.23. The molecule has 0 saturated carbocycles. The summed E-state index contributed by atoms with van der Waals surface area (Å²) in [6, 6.07) is 4.29. The Balaban J connectivity index is 2.78. The molecule has 1 rings (SSSR count). The number of hydrogen-bond donors (Lipinski definition) is 2. The second kappa shape index (κ2) is 5.63. The van der Waals surface area contributed by atoms with Crippen molar-refractivity contribution in [2.75, 3.05) is 19.0 Å². The molecule has 0 amide bonds. The van der Waals surface area contributed by atoms with Gasteiger partial charge >= 0.3 is 5.97 Å². The van der Waals surface area contributed by atoms with E-state index in [1.165, 1.54) is 6.07 Å². The van der Waals surface area contributed by atoms with Gasteiger partial charge in [-0.25, -0.2) is 4.39 Å². The number of nitrogens with two attached hydrogens (primary N) is 1. The van der Waals surface area contributed by atoms with Crippen molar-refractivity contribution in [1.82, 2.24) is 0 Å². The number of rotatable bonds is 5. The number of carboxylic acid groups (broad SMARTS) is 1. The van der Waals surface area contributed by atoms with Crippen molar-refractivity contribution < 1.29 is 14.3 Å². The molecular formula is C12H17FN2O2. The highest BCUT2D eigenvalue weighted by molar-refractivity contribution is 5.66. The van der Waals surface area contributed by atoms with Crippen LogP contribution < -0.4 is 10.6 Å². The second-order valence-electron chi connectivity index (χ2n) is 4.14. The molecule has 0 aromatic heterocycles. The molecule has 0 saturated heterocycles. The maximum absolute atomic E-state index is 13.6. The quantitative estimate of drug-likeness (QED) is 0.823. The minimum atomic E-state index is -0.897. The Morgan fingerprint density at radius 3 is 2.65 bits per heavy atom. The lowest BCUT2D eigenvalue weighted by Crippen LogP contribution is -2.14. The second-order valence-corrected chi connectivity index (χ2v) is 4.14. The van der Waals surface area contributed by atoms with Crippen LogP contribution in [0, 0.1) is 5.82 Å². The summed E-state index contributed by atoms with van der Waals surface area (Å²) in [7, 11) is 3.50. The summed E-state index contributed by atoms with van der Waals surface area (Å²) in [4.78, 5) is 12.1. The zero-order chi connectivity index (χ0) is 13.0. The minimum Gasteiger partial charge on any atom is -0.481 e. The van der Waals surface area contributed by atoms with E-state index in [0.717, 1.165) is 0 Å². The van der Waals surface area contributed by atoms with Gasteiger partial charge in [-0.3, -0.25) is 4.79 Å². The summed E-state index contributed by atoms with van der Waals surface area (Å²) >= 11 is 0. The molecule has 17 heavy (non-hydrogen) atoms. The summed E-state index contributed by atoms with van der Waals surface area (Å²) in [5, 5.41) is 8.54. The van der Waals surface area contributed by atoms with Crippen LogP contribution in [0.25, 0.3) is 0 Å². The van der Waals surface area contributed by atoms with Gasteiger partial charge in [0.25, 0.3) is 0 Å². The minimum absolute atomic E-state index is 0.0157. The van der Waals surface area contributed by atoms with Crippen LogP contribution >= 0.6 is 0 Å². The largest absolute Gasteiger partial charge is 0.481 e. The molecule has 0 heterocycles. The SMILES string of the molecule is CN(C)c1ccc(C(N)CCC(=O)O)cc1F. The maximum Gasteiger partial charge on any atom is 0.303 e. The van der Waals surface area contributed by atoms with Crippen molar-refractivity contribution in [3.63, 3.8) is 0 Å². The number of hydrogen-bond acceptors (Lipinski definition) is 3. The molecule has 0 bridgehead atoms. The van der Waals surface area contributed by atoms with E-state index in [-0.39, 0.29) is 12.2 Å². The average molecular weight is 240 g/mol. The molecule has 94 valence electrons. The zero-order valence-electron chi connectivity index (χ0n) is 9.98. The van der Waals surface area contributed by atoms with Crippen LogP contribution in [-0.2, 0) is 4.79 Å². The molecular weight excluding hydrogens is 223 g/mol. The van der Waals surface area contributed by atoms with Gasteiger partial charge in [-0.2, -0.15) is 0 Å². The van der Waals surface area contributed by atoms with E-state index in [0.29, 0.717) is 17.7 Å². The lowest BCUT2D eigenvalue weighted by Gasteiger charge is -2.16. The molecule has 1 atom stereocenters. The first kappa shape index (κ1) is 13.4. The Hall–Kier alpha value is -1.62. The third kappa shape index (κ3) is 3.71. The number of carbonyl (C=O) groups is 1. The summed E-state index contributed by atoms with van der Waals surface area (Å²) in [5.74, 6) is -1.25. The fourth-order valence-corrected chi connectivity index (χ4v) is 1.56. The lowest BCUT2D eigenvalue weighted by atomic mass is 10.0. The predicted molar refractivity (Wildman–Crippen MR) is 64.5 cm³/mol. The van der Waals surface area contributed by atoms with Crippen molar-refractivity contribution in [3.8, 4) is 0 Å². The van der Waals surface area contributed by atoms with Gasteiger partial charge in [0.1, 0.15) is 5.82 Å². The van der Waals surface area contributed by atoms with E-state index < -0.39 is 12.0 Å². The van der Waals surface area contributed by atoms with Crippen molar-refractivity contribution in [2.24, 2.45) is 5.73 Å². The van der Waals surface area contributed by atoms with E-state index in [9.17, 15) is 9.18 Å². The molecule has 1 aromatic rings. The van der Waals surface area contributed by atoms with Gasteiger partial charge in [-0.1, -0.05) is 6.07 Å². The molecule has 1 aromatic carbocycles. The van der Waals surface area contributed by atoms with Crippen LogP contribution in [0.4, 0.5) is 10.1 Å². The maximum atomic E-state index is 13.6. The topological polar surface area (TPSA) is 66.6 Å². The van der Waals surface area contributed by atoms with Crippen molar-refractivity contribution >= 4 is 11.7 Å². The number of benzene rings is 1. The predicted octanol–water partition coefficient (Wildman–Crippen LogP) is 1.76. The smallest absolute Gasteiger partial charge is 0.303 e. The number of nitrogens with zero attached hydrogens (tertiary/aromatic N) is 1. The Bertz CT molecular complexity index is 407. The van der Waals surface area contributed by atoms with Crippen LogP contribution in [0.3, 0.4) is 0 Å². The molecule has 0 radical (unpaired) electrons. The number of carboxylic acids is 1. The Morgan fingerprint density at radius 2 is 2.18 bits per heavy atom. The molecule has 0 aliphatic heterocycles. The van der Waals surface area contributed by atoms with Crippen molar-refractivity contribution in [1.29, 1.82) is 0 Å². The van der Waals surface area contributed by atoms with Gasteiger partial charge in [0.15, 0.2) is 0 Å². The van der Waals surface area contributed by atoms with E-state index in [1.54, 1.807) is 31.1 Å². The van der Waals surface area contributed by atoms with Crippen LogP contribution in [0.5, 0.6) is 0 Å². The molecule has 4 nitrogen and oxygen atoms in total. The Kier molecular flexibility index (Phi) is 4.45. The molecule has 3 N–H and O–H groups in total. The highest BCUT2D eigenvalue weighted by atomic mass is 19.1. The van der Waals surface area contributed by atoms with Crippen LogP contribution in [-0.4, -0.2) is 25.2 Å². The lowest BCUT2D eigenvalue weighted by molar-refractivity contribution is -0.137. The Morgan fingerprint density at radius 1 is 1.53 bits per heavy atom. The summed E-state index contributed by atoms with van der Waals surface area (Å²) in [6.45, 7) is 0. The van der Waals surface area contributed by atoms with E-state index in [1.807, 2.05) is 0 Å². The third-order valence-corrected chi connectivity index (χ3v) is 2.55. The molecule has 1 unspecified atom stereocenters. The van der Waals surface area contributed by atoms with Gasteiger partial charge in [-0.05, 0) is 24.1 Å². The third-order valence-electron chi connectivity index (χ3n) is 2.55. The van der Waals surface area contributed by atoms with Gasteiger partial charge in [0.2, 0.25) is 0 Å². The fraction of sp³-hybridized carbons (Fsp3) is 0.417. The number of anilines is 1. The van der Waals surface area contributed by atoms with Gasteiger partial charge < -0.3 is 15.7 Å². The first-order valence-electron chi connectivity index (χ1n) is 5.36. The van der Waals surface area contributed by atoms with Gasteiger partial charge in [0.05, 0.1) is 5.69 Å². The van der Waals surface area contributed by atoms with E-state index in [4.69, 9.17) is 10.8 Å². The molecule has 0 spiro atoms. The fourth-order valence-electron chi connectivity index (χ4n) is 1.56. The summed E-state index contributed by atoms with van der Waals surface area (Å²) in [5.41, 5.74) is 6.90. The van der Waals surface area contributed by atoms with Gasteiger partial charge in [-0.15, -0.1) is 0 Å². The number of aliphatic carboxylic acids is 1. The molecule has 0 fully saturated rings. The molecule has 0 aliphatic carbocycles. The van der Waals surface area contributed by atoms with Crippen LogP contribution in [0.2, 0.25) is 0 Å². The molecule has 0 aliphatic rings. The average Bonchev–Trinajstić information content (AvgIpc) is 2.25. The van der Waals surface area contributed by atoms with Gasteiger partial charge in [0, 0.05) is 26.6 Å². The zero-order valence-corrected chi connectivity index (χ0v) is 9.98. The monoisotopic (exact) mass is 240 g/mol. The number of halogens is 1. The Labute approximate surface area is 99.8 Å². The highest BCUT2D eigenvalue weighted by Gasteiger charge is 2.11. The first-order chi connectivity index (χ1) is 7.91. The summed E-state index contributed by atoms with van der Waals surface area (Å²) < 4.78 is 13.6. The standard InChI is InChI=1S/C12H17FN2O2/c1-15(2)11-5-3-8(7-9(11)13)10(14)4-6-12(16)17/h3,5,7,10H,4,6,14H2,1-2H3,(H,16,17). The van der Waals surface area contributed by atoms with Crippen LogP contribution in [0.15, 0.2) is 18.2 Å². The van der Waals surface area contributed by atoms with E-state index in [2.05, 4.69) is 0 Å². The van der Waals surface area contributed by atoms with Crippen LogP contribution in [0.1, 0.15) is 24.4 Å². The van der Waals surface area contributed by atoms with E-state index >= 15 is 0 Å². The van der Waals surface area contributed by atoms with Crippen molar-refractivity contribution in [3.05, 3.63) is 29.6 Å². The summed E-state index contributed by atoms with van der Waals surface area (Å²) in [6.07, 6.45) is 0.286. The normalized spacial score (nSPS) is 12.2.